The number of hydrogen-bond acceptors (Lipinski definition) is 4. The summed E-state index contributed by atoms with van der Waals surface area (Å²) in [4.78, 5) is 40.8. The summed E-state index contributed by atoms with van der Waals surface area (Å²) in [6, 6.07) is 4.82. The molecule has 1 aromatic carbocycles. The number of nitrogens with zero attached hydrogens (tertiary/aromatic N) is 1. The third-order valence-electron chi connectivity index (χ3n) is 4.96. The first kappa shape index (κ1) is 28.0. The predicted molar refractivity (Wildman–Crippen MR) is 130 cm³/mol. The van der Waals surface area contributed by atoms with E-state index < -0.39 is 29.7 Å². The molecule has 3 amide bonds. The van der Waals surface area contributed by atoms with Crippen LogP contribution in [-0.2, 0) is 14.3 Å². The van der Waals surface area contributed by atoms with Crippen LogP contribution in [0, 0.1) is 12.3 Å². The van der Waals surface area contributed by atoms with Gasteiger partial charge in [-0.1, -0.05) is 37.5 Å². The summed E-state index contributed by atoms with van der Waals surface area (Å²) < 4.78 is 5.28. The van der Waals surface area contributed by atoms with E-state index in [9.17, 15) is 14.4 Å². The second-order valence-corrected chi connectivity index (χ2v) is 9.54. The van der Waals surface area contributed by atoms with E-state index in [0.29, 0.717) is 11.1 Å². The number of terminal acetylenes is 1. The fourth-order valence-electron chi connectivity index (χ4n) is 3.56. The molecule has 0 saturated heterocycles. The fourth-order valence-corrected chi connectivity index (χ4v) is 3.56. The van der Waals surface area contributed by atoms with Gasteiger partial charge in [-0.3, -0.25) is 9.59 Å². The number of nitrogens with one attached hydrogen (secondary N) is 2. The number of alkyl carbamates (subject to hydrolysis) is 1. The lowest BCUT2D eigenvalue weighted by molar-refractivity contribution is -0.144. The van der Waals surface area contributed by atoms with Gasteiger partial charge in [0.2, 0.25) is 11.8 Å². The third kappa shape index (κ3) is 8.45. The quantitative estimate of drug-likeness (QED) is 0.545. The lowest BCUT2D eigenvalue weighted by Gasteiger charge is -2.37. The van der Waals surface area contributed by atoms with Crippen molar-refractivity contribution in [2.75, 3.05) is 0 Å². The summed E-state index contributed by atoms with van der Waals surface area (Å²) >= 11 is 0. The van der Waals surface area contributed by atoms with Crippen LogP contribution >= 0.6 is 0 Å². The summed E-state index contributed by atoms with van der Waals surface area (Å²) in [5.74, 6) is 1.90. The van der Waals surface area contributed by atoms with E-state index in [1.54, 1.807) is 52.0 Å². The first-order valence-electron chi connectivity index (χ1n) is 11.5. The lowest BCUT2D eigenvalue weighted by atomic mass is 9.96. The summed E-state index contributed by atoms with van der Waals surface area (Å²) in [6.45, 7) is 14.4. The maximum atomic E-state index is 13.5. The van der Waals surface area contributed by atoms with Crippen LogP contribution in [0.5, 0.6) is 0 Å². The van der Waals surface area contributed by atoms with Crippen molar-refractivity contribution in [3.63, 3.8) is 0 Å². The van der Waals surface area contributed by atoms with Gasteiger partial charge in [-0.2, -0.15) is 0 Å². The van der Waals surface area contributed by atoms with Gasteiger partial charge >= 0.3 is 6.09 Å². The molecule has 0 aromatic heterocycles. The second-order valence-electron chi connectivity index (χ2n) is 9.54. The zero-order valence-electron chi connectivity index (χ0n) is 21.2. The molecular weight excluding hydrogens is 418 g/mol. The molecule has 3 atom stereocenters. The average Bonchev–Trinajstić information content (AvgIpc) is 2.69. The highest BCUT2D eigenvalue weighted by Gasteiger charge is 2.37. The molecule has 0 aliphatic heterocycles. The molecule has 7 nitrogen and oxygen atoms in total. The number of amides is 3. The molecule has 2 N–H and O–H groups in total. The Bertz CT molecular complexity index is 867. The molecule has 182 valence electrons. The third-order valence-corrected chi connectivity index (χ3v) is 4.96. The Hall–Kier alpha value is -3.01. The Labute approximate surface area is 198 Å². The maximum absolute atomic E-state index is 13.5. The Morgan fingerprint density at radius 1 is 1.09 bits per heavy atom. The average molecular weight is 458 g/mol. The second kappa shape index (κ2) is 12.3. The van der Waals surface area contributed by atoms with Gasteiger partial charge in [0, 0.05) is 17.6 Å². The highest BCUT2D eigenvalue weighted by atomic mass is 16.6. The maximum Gasteiger partial charge on any atom is 0.408 e. The van der Waals surface area contributed by atoms with Gasteiger partial charge in [0.15, 0.2) is 0 Å². The van der Waals surface area contributed by atoms with Crippen molar-refractivity contribution in [1.82, 2.24) is 15.5 Å². The van der Waals surface area contributed by atoms with Gasteiger partial charge in [-0.25, -0.2) is 4.79 Å². The molecule has 0 aliphatic rings. The molecule has 0 heterocycles. The highest BCUT2D eigenvalue weighted by molar-refractivity contribution is 5.92. The summed E-state index contributed by atoms with van der Waals surface area (Å²) in [6.07, 6.45) is 6.74. The van der Waals surface area contributed by atoms with E-state index in [1.165, 1.54) is 4.90 Å². The van der Waals surface area contributed by atoms with Gasteiger partial charge in [0.25, 0.3) is 0 Å². The highest BCUT2D eigenvalue weighted by Crippen LogP contribution is 2.28. The van der Waals surface area contributed by atoms with E-state index in [4.69, 9.17) is 11.2 Å². The Morgan fingerprint density at radius 3 is 2.21 bits per heavy atom. The lowest BCUT2D eigenvalue weighted by Crippen LogP contribution is -2.54. The molecular formula is C26H39N3O4. The molecule has 0 spiro atoms. The van der Waals surface area contributed by atoms with Crippen molar-refractivity contribution in [3.05, 3.63) is 35.4 Å². The van der Waals surface area contributed by atoms with E-state index in [-0.39, 0.29) is 18.0 Å². The Balaban J connectivity index is 3.38. The van der Waals surface area contributed by atoms with Crippen molar-refractivity contribution >= 4 is 17.9 Å². The molecule has 3 unspecified atom stereocenters. The largest absolute Gasteiger partial charge is 0.444 e. The van der Waals surface area contributed by atoms with Gasteiger partial charge < -0.3 is 20.3 Å². The summed E-state index contributed by atoms with van der Waals surface area (Å²) in [5.41, 5.74) is 0.397. The number of hydrogen-bond donors (Lipinski definition) is 2. The molecule has 0 aliphatic carbocycles. The van der Waals surface area contributed by atoms with Crippen LogP contribution in [0.2, 0.25) is 0 Å². The van der Waals surface area contributed by atoms with Crippen molar-refractivity contribution < 1.29 is 19.1 Å². The first-order valence-corrected chi connectivity index (χ1v) is 11.5. The summed E-state index contributed by atoms with van der Waals surface area (Å²) in [7, 11) is 0. The van der Waals surface area contributed by atoms with Crippen LogP contribution in [0.15, 0.2) is 24.3 Å². The van der Waals surface area contributed by atoms with Gasteiger partial charge in [0.05, 0.1) is 0 Å². The number of ether oxygens (including phenoxy) is 1. The molecule has 1 rings (SSSR count). The first-order chi connectivity index (χ1) is 15.3. The van der Waals surface area contributed by atoms with Crippen LogP contribution in [0.4, 0.5) is 4.79 Å². The van der Waals surface area contributed by atoms with Gasteiger partial charge in [-0.15, -0.1) is 6.42 Å². The van der Waals surface area contributed by atoms with Crippen LogP contribution in [0.25, 0.3) is 0 Å². The zero-order valence-corrected chi connectivity index (χ0v) is 21.2. The molecule has 7 heteroatoms. The van der Waals surface area contributed by atoms with Crippen LogP contribution in [0.3, 0.4) is 0 Å². The van der Waals surface area contributed by atoms with E-state index in [1.807, 2.05) is 27.7 Å². The molecule has 1 aromatic rings. The van der Waals surface area contributed by atoms with Crippen LogP contribution < -0.4 is 10.6 Å². The SMILES string of the molecule is C#Cc1ccccc1C(C(=O)NC(C)CCC)N(C(=O)C(C)NC(=O)OC(C)(C)C)C(C)C. The van der Waals surface area contributed by atoms with E-state index in [2.05, 4.69) is 16.6 Å². The van der Waals surface area contributed by atoms with Crippen LogP contribution in [0.1, 0.15) is 85.4 Å². The number of benzene rings is 1. The number of rotatable bonds is 9. The number of carbonyl (C=O) groups excluding carboxylic acids is 3. The van der Waals surface area contributed by atoms with Gasteiger partial charge in [0.1, 0.15) is 17.7 Å². The Kier molecular flexibility index (Phi) is 10.4. The topological polar surface area (TPSA) is 87.7 Å². The molecule has 0 radical (unpaired) electrons. The Morgan fingerprint density at radius 2 is 1.70 bits per heavy atom. The smallest absolute Gasteiger partial charge is 0.408 e. The predicted octanol–water partition coefficient (Wildman–Crippen LogP) is 4.16. The normalized spacial score (nSPS) is 13.9. The summed E-state index contributed by atoms with van der Waals surface area (Å²) in [5, 5.41) is 5.60. The molecule has 0 bridgehead atoms. The van der Waals surface area contributed by atoms with Crippen molar-refractivity contribution in [3.8, 4) is 12.3 Å². The van der Waals surface area contributed by atoms with Crippen LogP contribution in [-0.4, -0.2) is 46.5 Å². The van der Waals surface area contributed by atoms with E-state index in [0.717, 1.165) is 12.8 Å². The van der Waals surface area contributed by atoms with Crippen molar-refractivity contribution in [2.45, 2.75) is 98.0 Å². The monoisotopic (exact) mass is 457 g/mol. The molecule has 0 fully saturated rings. The minimum absolute atomic E-state index is 0.0653. The minimum atomic E-state index is -0.952. The van der Waals surface area contributed by atoms with Crippen molar-refractivity contribution in [1.29, 1.82) is 0 Å². The van der Waals surface area contributed by atoms with Gasteiger partial charge in [-0.05, 0) is 66.5 Å². The number of carbonyl (C=O) groups is 3. The molecule has 33 heavy (non-hydrogen) atoms. The molecule has 0 saturated carbocycles. The fraction of sp³-hybridized carbons (Fsp3) is 0.577. The van der Waals surface area contributed by atoms with E-state index >= 15 is 0 Å². The minimum Gasteiger partial charge on any atom is -0.444 e. The standard InChI is InChI=1S/C26H39N3O4/c1-10-14-18(5)27-23(30)22(21-16-13-12-15-20(21)11-2)29(17(3)4)24(31)19(6)28-25(32)33-26(7,8)9/h2,12-13,15-19,22H,10,14H2,1,3-9H3,(H,27,30)(H,28,32). The van der Waals surface area contributed by atoms with Crippen molar-refractivity contribution in [2.24, 2.45) is 0 Å². The zero-order chi connectivity index (χ0) is 25.3.